The number of likely N-dealkylation sites (tertiary alicyclic amines) is 1. The minimum atomic E-state index is -0.369. The lowest BCUT2D eigenvalue weighted by Gasteiger charge is -2.26. The summed E-state index contributed by atoms with van der Waals surface area (Å²) in [6, 6.07) is 12.8. The molecule has 1 saturated heterocycles. The molecule has 200 valence electrons. The van der Waals surface area contributed by atoms with Gasteiger partial charge in [0.2, 0.25) is 0 Å². The first-order valence-electron chi connectivity index (χ1n) is 13.5. The summed E-state index contributed by atoms with van der Waals surface area (Å²) in [5.41, 5.74) is 8.40. The highest BCUT2D eigenvalue weighted by Gasteiger charge is 2.17. The Labute approximate surface area is 230 Å². The summed E-state index contributed by atoms with van der Waals surface area (Å²) in [5, 5.41) is 8.60. The second kappa shape index (κ2) is 10.2. The van der Waals surface area contributed by atoms with E-state index in [9.17, 15) is 4.39 Å². The molecule has 0 spiro atoms. The Bertz CT molecular complexity index is 1840. The number of aromatic nitrogens is 6. The number of piperidine rings is 1. The molecular weight excluding hydrogens is 505 g/mol. The summed E-state index contributed by atoms with van der Waals surface area (Å²) >= 11 is 0. The van der Waals surface area contributed by atoms with Crippen LogP contribution < -0.4 is 4.74 Å². The molecule has 0 unspecified atom stereocenters. The van der Waals surface area contributed by atoms with Gasteiger partial charge in [-0.05, 0) is 73.5 Å². The van der Waals surface area contributed by atoms with Crippen molar-refractivity contribution in [3.63, 3.8) is 0 Å². The summed E-state index contributed by atoms with van der Waals surface area (Å²) < 4.78 is 19.6. The molecule has 1 aliphatic rings. The van der Waals surface area contributed by atoms with Gasteiger partial charge in [0.15, 0.2) is 0 Å². The number of aromatic amines is 2. The molecule has 6 aromatic rings. The fraction of sp³-hybridized carbons (Fsp3) is 0.226. The first-order valence-corrected chi connectivity index (χ1v) is 13.5. The van der Waals surface area contributed by atoms with Crippen LogP contribution in [0.4, 0.5) is 4.39 Å². The number of ether oxygens (including phenoxy) is 1. The number of methoxy groups -OCH3 is 1. The van der Waals surface area contributed by atoms with Gasteiger partial charge in [-0.2, -0.15) is 5.10 Å². The molecule has 0 saturated carbocycles. The molecule has 9 heteroatoms. The first kappa shape index (κ1) is 24.4. The summed E-state index contributed by atoms with van der Waals surface area (Å²) in [6.45, 7) is 3.19. The molecule has 5 aromatic heterocycles. The molecular formula is C31H28FN7O. The van der Waals surface area contributed by atoms with Gasteiger partial charge in [0.1, 0.15) is 22.8 Å². The van der Waals surface area contributed by atoms with Crippen LogP contribution in [0.25, 0.3) is 55.7 Å². The molecule has 0 aliphatic carbocycles. The number of rotatable bonds is 6. The van der Waals surface area contributed by atoms with Crippen molar-refractivity contribution in [2.45, 2.75) is 25.8 Å². The van der Waals surface area contributed by atoms with Crippen molar-refractivity contribution < 1.29 is 9.13 Å². The second-order valence-corrected chi connectivity index (χ2v) is 10.3. The Morgan fingerprint density at radius 3 is 2.65 bits per heavy atom. The maximum atomic E-state index is 14.3. The highest BCUT2D eigenvalue weighted by Crippen LogP contribution is 2.35. The molecule has 0 amide bonds. The van der Waals surface area contributed by atoms with E-state index in [0.717, 1.165) is 64.1 Å². The number of H-pyrrole nitrogens is 2. The number of nitrogens with one attached hydrogen (secondary N) is 2. The summed E-state index contributed by atoms with van der Waals surface area (Å²) in [4.78, 5) is 19.8. The van der Waals surface area contributed by atoms with Gasteiger partial charge in [-0.1, -0.05) is 6.42 Å². The second-order valence-electron chi connectivity index (χ2n) is 10.3. The van der Waals surface area contributed by atoms with Gasteiger partial charge in [0.25, 0.3) is 0 Å². The van der Waals surface area contributed by atoms with E-state index in [1.165, 1.54) is 44.1 Å². The predicted octanol–water partition coefficient (Wildman–Crippen LogP) is 6.36. The maximum absolute atomic E-state index is 14.3. The first-order chi connectivity index (χ1) is 19.6. The van der Waals surface area contributed by atoms with Crippen LogP contribution in [0.3, 0.4) is 0 Å². The molecule has 0 bridgehead atoms. The van der Waals surface area contributed by atoms with Crippen molar-refractivity contribution in [2.24, 2.45) is 0 Å². The van der Waals surface area contributed by atoms with E-state index >= 15 is 0 Å². The third kappa shape index (κ3) is 4.58. The monoisotopic (exact) mass is 533 g/mol. The van der Waals surface area contributed by atoms with Crippen LogP contribution in [-0.2, 0) is 6.54 Å². The van der Waals surface area contributed by atoms with Gasteiger partial charge in [0, 0.05) is 47.7 Å². The molecule has 8 nitrogen and oxygen atoms in total. The summed E-state index contributed by atoms with van der Waals surface area (Å²) in [5.74, 6) is 0.0823. The van der Waals surface area contributed by atoms with Crippen LogP contribution in [0.1, 0.15) is 24.8 Å². The van der Waals surface area contributed by atoms with Crippen molar-refractivity contribution in [1.82, 2.24) is 35.0 Å². The lowest BCUT2D eigenvalue weighted by Crippen LogP contribution is -2.29. The SMILES string of the molecule is COc1cc(F)cc(-c2cncc3[nH]c(-c4n[nH]c5ccc(-c6cncc(CN7CCCCC7)c6)nc45)cc23)c1. The lowest BCUT2D eigenvalue weighted by atomic mass is 10.0. The molecule has 0 radical (unpaired) electrons. The Hall–Kier alpha value is -4.63. The number of pyridine rings is 3. The Balaban J connectivity index is 1.26. The van der Waals surface area contributed by atoms with E-state index in [1.54, 1.807) is 18.5 Å². The minimum absolute atomic E-state index is 0.369. The smallest absolute Gasteiger partial charge is 0.135 e. The average molecular weight is 534 g/mol. The number of hydrogen-bond acceptors (Lipinski definition) is 6. The lowest BCUT2D eigenvalue weighted by molar-refractivity contribution is 0.220. The largest absolute Gasteiger partial charge is 0.497 e. The number of benzene rings is 1. The summed E-state index contributed by atoms with van der Waals surface area (Å²) in [6.07, 6.45) is 11.1. The fourth-order valence-electron chi connectivity index (χ4n) is 5.58. The molecule has 0 atom stereocenters. The van der Waals surface area contributed by atoms with E-state index in [2.05, 4.69) is 36.1 Å². The van der Waals surface area contributed by atoms with E-state index in [4.69, 9.17) is 9.72 Å². The highest BCUT2D eigenvalue weighted by atomic mass is 19.1. The molecule has 1 aromatic carbocycles. The standard InChI is InChI=1S/C31H28FN7O/c1-40-23-11-20(10-22(32)12-23)25-16-34-17-29-24(25)13-28(35-29)31-30-27(37-38-31)6-5-26(36-30)21-9-19(14-33-15-21)18-39-7-3-2-4-8-39/h5-6,9-17,35H,2-4,7-8,18H2,1H3,(H,37,38). The van der Waals surface area contributed by atoms with Crippen LogP contribution in [0, 0.1) is 5.82 Å². The normalized spacial score (nSPS) is 14.2. The zero-order chi connectivity index (χ0) is 27.1. The third-order valence-electron chi connectivity index (χ3n) is 7.57. The van der Waals surface area contributed by atoms with Gasteiger partial charge >= 0.3 is 0 Å². The zero-order valence-corrected chi connectivity index (χ0v) is 22.1. The summed E-state index contributed by atoms with van der Waals surface area (Å²) in [7, 11) is 1.52. The van der Waals surface area contributed by atoms with Crippen molar-refractivity contribution in [3.05, 3.63) is 78.6 Å². The molecule has 7 rings (SSSR count). The molecule has 6 heterocycles. The van der Waals surface area contributed by atoms with Crippen molar-refractivity contribution in [2.75, 3.05) is 20.2 Å². The molecule has 1 aliphatic heterocycles. The fourth-order valence-corrected chi connectivity index (χ4v) is 5.58. The zero-order valence-electron chi connectivity index (χ0n) is 22.1. The van der Waals surface area contributed by atoms with Gasteiger partial charge in [0.05, 0.1) is 35.7 Å². The van der Waals surface area contributed by atoms with Crippen LogP contribution in [-0.4, -0.2) is 55.2 Å². The molecule has 2 N–H and O–H groups in total. The number of hydrogen-bond donors (Lipinski definition) is 2. The van der Waals surface area contributed by atoms with E-state index in [0.29, 0.717) is 17.0 Å². The number of nitrogens with zero attached hydrogens (tertiary/aromatic N) is 5. The quantitative estimate of drug-likeness (QED) is 0.259. The van der Waals surface area contributed by atoms with Crippen molar-refractivity contribution in [3.8, 4) is 39.5 Å². The van der Waals surface area contributed by atoms with Gasteiger partial charge in [-0.15, -0.1) is 0 Å². The average Bonchev–Trinajstić information content (AvgIpc) is 3.61. The van der Waals surface area contributed by atoms with Crippen LogP contribution >= 0.6 is 0 Å². The van der Waals surface area contributed by atoms with Gasteiger partial charge in [-0.25, -0.2) is 9.37 Å². The van der Waals surface area contributed by atoms with Gasteiger partial charge in [-0.3, -0.25) is 20.0 Å². The number of halogens is 1. The van der Waals surface area contributed by atoms with Crippen LogP contribution in [0.5, 0.6) is 5.75 Å². The van der Waals surface area contributed by atoms with Crippen molar-refractivity contribution in [1.29, 1.82) is 0 Å². The Morgan fingerprint density at radius 1 is 0.900 bits per heavy atom. The molecule has 40 heavy (non-hydrogen) atoms. The van der Waals surface area contributed by atoms with Gasteiger partial charge < -0.3 is 9.72 Å². The van der Waals surface area contributed by atoms with E-state index in [-0.39, 0.29) is 5.82 Å². The maximum Gasteiger partial charge on any atom is 0.135 e. The Kier molecular flexibility index (Phi) is 6.20. The topological polar surface area (TPSA) is 95.6 Å². The number of fused-ring (bicyclic) bond motifs is 2. The predicted molar refractivity (Wildman–Crippen MR) is 153 cm³/mol. The van der Waals surface area contributed by atoms with E-state index in [1.807, 2.05) is 30.6 Å². The Morgan fingerprint density at radius 2 is 1.77 bits per heavy atom. The van der Waals surface area contributed by atoms with Crippen LogP contribution in [0.2, 0.25) is 0 Å². The van der Waals surface area contributed by atoms with E-state index < -0.39 is 0 Å². The third-order valence-corrected chi connectivity index (χ3v) is 7.57. The molecule has 1 fully saturated rings. The highest BCUT2D eigenvalue weighted by molar-refractivity contribution is 6.00. The minimum Gasteiger partial charge on any atom is -0.497 e. The van der Waals surface area contributed by atoms with Crippen molar-refractivity contribution >= 4 is 21.9 Å². The van der Waals surface area contributed by atoms with Crippen LogP contribution in [0.15, 0.2) is 67.3 Å².